The van der Waals surface area contributed by atoms with E-state index < -0.39 is 0 Å². The molecule has 0 amide bonds. The lowest BCUT2D eigenvalue weighted by Gasteiger charge is -2.26. The van der Waals surface area contributed by atoms with Crippen molar-refractivity contribution in [1.29, 1.82) is 0 Å². The van der Waals surface area contributed by atoms with E-state index in [0.29, 0.717) is 19.7 Å². The predicted octanol–water partition coefficient (Wildman–Crippen LogP) is 0.736. The molecule has 0 unspecified atom stereocenters. The van der Waals surface area contributed by atoms with E-state index in [-0.39, 0.29) is 5.60 Å². The molecule has 0 N–H and O–H groups in total. The van der Waals surface area contributed by atoms with Gasteiger partial charge in [0, 0.05) is 0 Å². The van der Waals surface area contributed by atoms with Crippen LogP contribution in [0.1, 0.15) is 12.8 Å². The molecule has 3 heteroatoms. The molecule has 52 valence electrons. The Morgan fingerprint density at radius 3 is 2.67 bits per heavy atom. The van der Waals surface area contributed by atoms with E-state index in [1.807, 2.05) is 0 Å². The van der Waals surface area contributed by atoms with E-state index in [1.165, 1.54) is 0 Å². The van der Waals surface area contributed by atoms with Crippen LogP contribution in [0.3, 0.4) is 0 Å². The fourth-order valence-electron chi connectivity index (χ4n) is 1.24. The van der Waals surface area contributed by atoms with Crippen LogP contribution in [-0.4, -0.2) is 30.4 Å². The van der Waals surface area contributed by atoms with Crippen LogP contribution in [-0.2, 0) is 4.74 Å². The first-order valence-electron chi connectivity index (χ1n) is 3.35. The van der Waals surface area contributed by atoms with Crippen molar-refractivity contribution in [2.24, 2.45) is 0 Å². The van der Waals surface area contributed by atoms with E-state index in [1.54, 1.807) is 0 Å². The summed E-state index contributed by atoms with van der Waals surface area (Å²) in [7, 11) is 0. The highest BCUT2D eigenvalue weighted by Gasteiger charge is 2.47. The van der Waals surface area contributed by atoms with Crippen LogP contribution in [0.2, 0.25) is 0 Å². The van der Waals surface area contributed by atoms with Crippen LogP contribution in [0.5, 0.6) is 0 Å². The molecular weight excluding hydrogens is 121 g/mol. The quantitative estimate of drug-likeness (QED) is 0.449. The first kappa shape index (κ1) is 5.62. The minimum Gasteiger partial charge on any atom is -0.372 e. The Hall–Kier alpha value is -0.150. The molecule has 0 radical (unpaired) electrons. The molecule has 2 aliphatic rings. The van der Waals surface area contributed by atoms with Crippen LogP contribution < -0.4 is 0 Å². The van der Waals surface area contributed by atoms with Gasteiger partial charge < -0.3 is 4.74 Å². The highest BCUT2D eigenvalue weighted by molar-refractivity contribution is 4.98. The van der Waals surface area contributed by atoms with Gasteiger partial charge >= 0.3 is 0 Å². The van der Waals surface area contributed by atoms with Gasteiger partial charge in [-0.3, -0.25) is 0 Å². The second-order valence-electron chi connectivity index (χ2n) is 2.88. The lowest BCUT2D eigenvalue weighted by molar-refractivity contribution is -0.119. The Labute approximate surface area is 53.5 Å². The summed E-state index contributed by atoms with van der Waals surface area (Å²) in [6, 6.07) is 0. The van der Waals surface area contributed by atoms with Gasteiger partial charge in [0.1, 0.15) is 0 Å². The normalized spacial score (nSPS) is 33.0. The van der Waals surface area contributed by atoms with E-state index >= 15 is 0 Å². The van der Waals surface area contributed by atoms with Crippen LogP contribution in [0, 0.1) is 0 Å². The third-order valence-electron chi connectivity index (χ3n) is 2.01. The Morgan fingerprint density at radius 2 is 2.22 bits per heavy atom. The molecule has 9 heavy (non-hydrogen) atoms. The van der Waals surface area contributed by atoms with Gasteiger partial charge in [-0.25, -0.2) is 0 Å². The fraction of sp³-hybridized carbons (Fsp3) is 1.00. The Morgan fingerprint density at radius 1 is 1.44 bits per heavy atom. The summed E-state index contributed by atoms with van der Waals surface area (Å²) in [5, 5.41) is 0.858. The molecular formula is C6H10FNO. The second-order valence-corrected chi connectivity index (χ2v) is 2.88. The van der Waals surface area contributed by atoms with Crippen LogP contribution in [0.15, 0.2) is 0 Å². The number of hydrogen-bond acceptors (Lipinski definition) is 2. The van der Waals surface area contributed by atoms with Gasteiger partial charge in [-0.1, -0.05) is 0 Å². The number of nitrogens with zero attached hydrogens (tertiary/aromatic N) is 1. The summed E-state index contributed by atoms with van der Waals surface area (Å²) in [6.45, 7) is 1.51. The number of morpholine rings is 1. The van der Waals surface area contributed by atoms with Gasteiger partial charge in [0.15, 0.2) is 0 Å². The van der Waals surface area contributed by atoms with Gasteiger partial charge in [-0.15, -0.1) is 9.60 Å². The first-order valence-corrected chi connectivity index (χ1v) is 3.35. The molecule has 0 atom stereocenters. The summed E-state index contributed by atoms with van der Waals surface area (Å²) in [6.07, 6.45) is 2.10. The van der Waals surface area contributed by atoms with Gasteiger partial charge in [0.05, 0.1) is 25.3 Å². The molecule has 0 bridgehead atoms. The monoisotopic (exact) mass is 131 g/mol. The molecule has 1 aliphatic carbocycles. The van der Waals surface area contributed by atoms with Gasteiger partial charge in [-0.2, -0.15) is 0 Å². The predicted molar refractivity (Wildman–Crippen MR) is 30.6 cm³/mol. The molecule has 1 heterocycles. The molecule has 0 aromatic carbocycles. The van der Waals surface area contributed by atoms with Crippen molar-refractivity contribution < 1.29 is 9.22 Å². The first-order chi connectivity index (χ1) is 4.31. The van der Waals surface area contributed by atoms with Crippen molar-refractivity contribution in [3.63, 3.8) is 0 Å². The van der Waals surface area contributed by atoms with E-state index in [2.05, 4.69) is 0 Å². The number of hydrogen-bond donors (Lipinski definition) is 0. The van der Waals surface area contributed by atoms with E-state index in [0.717, 1.165) is 18.0 Å². The molecule has 1 saturated carbocycles. The van der Waals surface area contributed by atoms with Crippen molar-refractivity contribution >= 4 is 0 Å². The molecule has 0 aromatic rings. The maximum absolute atomic E-state index is 12.5. The zero-order valence-electron chi connectivity index (χ0n) is 5.27. The second kappa shape index (κ2) is 1.67. The average molecular weight is 131 g/mol. The van der Waals surface area contributed by atoms with Crippen molar-refractivity contribution in [2.45, 2.75) is 18.4 Å². The smallest absolute Gasteiger partial charge is 0.0837 e. The van der Waals surface area contributed by atoms with Crippen LogP contribution in [0.4, 0.5) is 4.48 Å². The maximum atomic E-state index is 12.5. The highest BCUT2D eigenvalue weighted by Crippen LogP contribution is 2.41. The van der Waals surface area contributed by atoms with Gasteiger partial charge in [0.2, 0.25) is 0 Å². The minimum absolute atomic E-state index is 0.0486. The zero-order chi connectivity index (χ0) is 6.32. The van der Waals surface area contributed by atoms with Crippen LogP contribution in [0.25, 0.3) is 0 Å². The van der Waals surface area contributed by atoms with E-state index in [4.69, 9.17) is 4.74 Å². The summed E-state index contributed by atoms with van der Waals surface area (Å²) in [4.78, 5) is 0. The average Bonchev–Trinajstić information content (AvgIpc) is 2.49. The maximum Gasteiger partial charge on any atom is 0.0837 e. The molecule has 0 aromatic heterocycles. The topological polar surface area (TPSA) is 12.5 Å². The van der Waals surface area contributed by atoms with Crippen molar-refractivity contribution in [3.8, 4) is 0 Å². The lowest BCUT2D eigenvalue weighted by atomic mass is 10.3. The number of halogens is 1. The Bertz CT molecular complexity index is 124. The zero-order valence-corrected chi connectivity index (χ0v) is 5.27. The third-order valence-corrected chi connectivity index (χ3v) is 2.01. The summed E-state index contributed by atoms with van der Waals surface area (Å²) in [5.41, 5.74) is -0.0486. The summed E-state index contributed by atoms with van der Waals surface area (Å²) < 4.78 is 17.8. The fourth-order valence-corrected chi connectivity index (χ4v) is 1.24. The van der Waals surface area contributed by atoms with Crippen molar-refractivity contribution in [2.75, 3.05) is 19.7 Å². The molecule has 2 nitrogen and oxygen atoms in total. The molecule has 2 rings (SSSR count). The number of ether oxygens (including phenoxy) is 1. The minimum atomic E-state index is -0.0486. The van der Waals surface area contributed by atoms with E-state index in [9.17, 15) is 4.48 Å². The molecule has 1 spiro atoms. The van der Waals surface area contributed by atoms with Crippen molar-refractivity contribution in [1.82, 2.24) is 5.12 Å². The third kappa shape index (κ3) is 0.946. The Balaban J connectivity index is 1.96. The van der Waals surface area contributed by atoms with Gasteiger partial charge in [-0.05, 0) is 12.8 Å². The standard InChI is InChI=1S/C6H10FNO/c7-8-3-4-9-6(5-8)1-2-6/h1-5H2. The van der Waals surface area contributed by atoms with Crippen LogP contribution >= 0.6 is 0 Å². The lowest BCUT2D eigenvalue weighted by Crippen LogP contribution is -2.39. The molecule has 1 aliphatic heterocycles. The Kier molecular flexibility index (Phi) is 1.04. The molecule has 1 saturated heterocycles. The largest absolute Gasteiger partial charge is 0.372 e. The SMILES string of the molecule is FN1CCOC2(CC2)C1. The number of rotatable bonds is 0. The van der Waals surface area contributed by atoms with Crippen molar-refractivity contribution in [3.05, 3.63) is 0 Å². The summed E-state index contributed by atoms with van der Waals surface area (Å²) >= 11 is 0. The highest BCUT2D eigenvalue weighted by atomic mass is 19.2. The van der Waals surface area contributed by atoms with Gasteiger partial charge in [0.25, 0.3) is 0 Å². The summed E-state index contributed by atoms with van der Waals surface area (Å²) in [5.74, 6) is 0. The molecule has 2 fully saturated rings.